The minimum Gasteiger partial charge on any atom is -0.507 e. The van der Waals surface area contributed by atoms with Gasteiger partial charge >= 0.3 is 0 Å². The summed E-state index contributed by atoms with van der Waals surface area (Å²) in [5.74, 6) is 1.13. The molecule has 0 radical (unpaired) electrons. The second-order valence-corrected chi connectivity index (χ2v) is 5.63. The van der Waals surface area contributed by atoms with Crippen LogP contribution in [0, 0.1) is 0 Å². The van der Waals surface area contributed by atoms with Gasteiger partial charge in [-0.2, -0.15) is 0 Å². The molecule has 2 aromatic rings. The predicted molar refractivity (Wildman–Crippen MR) is 92.4 cm³/mol. The first kappa shape index (κ1) is 16.4. The van der Waals surface area contributed by atoms with Crippen molar-refractivity contribution in [3.63, 3.8) is 0 Å². The average Bonchev–Trinajstić information content (AvgIpc) is 2.55. The summed E-state index contributed by atoms with van der Waals surface area (Å²) >= 11 is 0. The monoisotopic (exact) mass is 298 g/mol. The molecule has 0 aliphatic carbocycles. The van der Waals surface area contributed by atoms with Crippen LogP contribution in [-0.2, 0) is 0 Å². The molecule has 118 valence electrons. The lowest BCUT2D eigenvalue weighted by molar-refractivity contribution is 0.305. The van der Waals surface area contributed by atoms with Gasteiger partial charge in [-0.15, -0.1) is 0 Å². The Morgan fingerprint density at radius 2 is 1.41 bits per heavy atom. The van der Waals surface area contributed by atoms with Gasteiger partial charge in [0.25, 0.3) is 0 Å². The first-order valence-corrected chi connectivity index (χ1v) is 8.33. The number of aromatic hydroxyl groups is 1. The molecule has 2 rings (SSSR count). The highest BCUT2D eigenvalue weighted by Gasteiger charge is 2.09. The van der Waals surface area contributed by atoms with E-state index < -0.39 is 0 Å². The Morgan fingerprint density at radius 1 is 0.773 bits per heavy atom. The van der Waals surface area contributed by atoms with Gasteiger partial charge in [-0.05, 0) is 18.6 Å². The summed E-state index contributed by atoms with van der Waals surface area (Å²) in [5.41, 5.74) is 1.77. The van der Waals surface area contributed by atoms with Gasteiger partial charge in [0.2, 0.25) is 0 Å². The first-order valence-electron chi connectivity index (χ1n) is 8.33. The second kappa shape index (κ2) is 9.14. The van der Waals surface area contributed by atoms with Crippen molar-refractivity contribution in [3.8, 4) is 22.6 Å². The molecule has 2 nitrogen and oxygen atoms in total. The van der Waals surface area contributed by atoms with Crippen LogP contribution < -0.4 is 4.74 Å². The zero-order valence-electron chi connectivity index (χ0n) is 13.4. The van der Waals surface area contributed by atoms with Crippen LogP contribution in [0.25, 0.3) is 11.1 Å². The van der Waals surface area contributed by atoms with Crippen LogP contribution in [-0.4, -0.2) is 11.7 Å². The van der Waals surface area contributed by atoms with Crippen molar-refractivity contribution in [1.82, 2.24) is 0 Å². The van der Waals surface area contributed by atoms with Crippen LogP contribution >= 0.6 is 0 Å². The third-order valence-electron chi connectivity index (χ3n) is 3.84. The maximum atomic E-state index is 10.0. The van der Waals surface area contributed by atoms with E-state index in [1.807, 2.05) is 42.5 Å². The van der Waals surface area contributed by atoms with E-state index in [9.17, 15) is 5.11 Å². The van der Waals surface area contributed by atoms with Gasteiger partial charge in [-0.1, -0.05) is 75.4 Å². The molecule has 0 spiro atoms. The standard InChI is InChI=1S/C20H26O2/c1-2-3-4-5-6-11-16-22-20-15-10-8-13-18(20)17-12-7-9-14-19(17)21/h7-10,12-15,21H,2-6,11,16H2,1H3. The number of para-hydroxylation sites is 2. The smallest absolute Gasteiger partial charge is 0.127 e. The molecule has 0 atom stereocenters. The Bertz CT molecular complexity index is 563. The first-order chi connectivity index (χ1) is 10.8. The van der Waals surface area contributed by atoms with Crippen molar-refractivity contribution in [1.29, 1.82) is 0 Å². The summed E-state index contributed by atoms with van der Waals surface area (Å²) in [4.78, 5) is 0. The van der Waals surface area contributed by atoms with Crippen LogP contribution in [0.3, 0.4) is 0 Å². The molecule has 0 bridgehead atoms. The van der Waals surface area contributed by atoms with E-state index in [-0.39, 0.29) is 5.75 Å². The van der Waals surface area contributed by atoms with Gasteiger partial charge in [0.1, 0.15) is 11.5 Å². The third kappa shape index (κ3) is 4.80. The van der Waals surface area contributed by atoms with E-state index >= 15 is 0 Å². The maximum absolute atomic E-state index is 10.0. The molecule has 0 fully saturated rings. The van der Waals surface area contributed by atoms with Crippen LogP contribution in [0.5, 0.6) is 11.5 Å². The lowest BCUT2D eigenvalue weighted by Crippen LogP contribution is -1.99. The summed E-state index contributed by atoms with van der Waals surface area (Å²) in [6.45, 7) is 2.97. The highest BCUT2D eigenvalue weighted by molar-refractivity contribution is 5.75. The lowest BCUT2D eigenvalue weighted by Gasteiger charge is -2.12. The summed E-state index contributed by atoms with van der Waals surface area (Å²) in [6.07, 6.45) is 7.53. The molecule has 0 aliphatic rings. The Morgan fingerprint density at radius 3 is 2.18 bits per heavy atom. The largest absolute Gasteiger partial charge is 0.507 e. The summed E-state index contributed by atoms with van der Waals surface area (Å²) in [6, 6.07) is 15.3. The number of rotatable bonds is 9. The summed E-state index contributed by atoms with van der Waals surface area (Å²) in [5, 5.41) is 10.0. The van der Waals surface area contributed by atoms with Gasteiger partial charge in [-0.3, -0.25) is 0 Å². The van der Waals surface area contributed by atoms with Gasteiger partial charge in [0, 0.05) is 11.1 Å². The fourth-order valence-corrected chi connectivity index (χ4v) is 2.58. The SMILES string of the molecule is CCCCCCCCOc1ccccc1-c1ccccc1O. The van der Waals surface area contributed by atoms with Crippen molar-refractivity contribution >= 4 is 0 Å². The second-order valence-electron chi connectivity index (χ2n) is 5.63. The maximum Gasteiger partial charge on any atom is 0.127 e. The van der Waals surface area contributed by atoms with E-state index in [2.05, 4.69) is 6.92 Å². The molecule has 1 N–H and O–H groups in total. The zero-order chi connectivity index (χ0) is 15.6. The molecule has 0 saturated carbocycles. The van der Waals surface area contributed by atoms with E-state index in [0.29, 0.717) is 0 Å². The Balaban J connectivity index is 1.91. The number of ether oxygens (including phenoxy) is 1. The topological polar surface area (TPSA) is 29.5 Å². The molecule has 22 heavy (non-hydrogen) atoms. The fraction of sp³-hybridized carbons (Fsp3) is 0.400. The number of unbranched alkanes of at least 4 members (excludes halogenated alkanes) is 5. The minimum atomic E-state index is 0.290. The third-order valence-corrected chi connectivity index (χ3v) is 3.84. The van der Waals surface area contributed by atoms with Crippen LogP contribution in [0.2, 0.25) is 0 Å². The number of phenols is 1. The molecule has 0 aliphatic heterocycles. The zero-order valence-corrected chi connectivity index (χ0v) is 13.4. The van der Waals surface area contributed by atoms with Gasteiger partial charge < -0.3 is 9.84 Å². The molecule has 0 unspecified atom stereocenters. The highest BCUT2D eigenvalue weighted by atomic mass is 16.5. The Labute approximate surface area is 133 Å². The van der Waals surface area contributed by atoms with E-state index in [1.54, 1.807) is 6.07 Å². The van der Waals surface area contributed by atoms with Gasteiger partial charge in [0.15, 0.2) is 0 Å². The van der Waals surface area contributed by atoms with E-state index in [4.69, 9.17) is 4.74 Å². The predicted octanol–water partition coefficient (Wildman–Crippen LogP) is 5.80. The normalized spacial score (nSPS) is 10.6. The Hall–Kier alpha value is -1.96. The van der Waals surface area contributed by atoms with Crippen molar-refractivity contribution in [3.05, 3.63) is 48.5 Å². The number of benzene rings is 2. The molecular formula is C20H26O2. The van der Waals surface area contributed by atoms with Crippen molar-refractivity contribution in [2.75, 3.05) is 6.61 Å². The molecule has 0 amide bonds. The van der Waals surface area contributed by atoms with Crippen molar-refractivity contribution in [2.45, 2.75) is 45.4 Å². The van der Waals surface area contributed by atoms with Crippen molar-refractivity contribution < 1.29 is 9.84 Å². The minimum absolute atomic E-state index is 0.290. The molecule has 0 heterocycles. The van der Waals surface area contributed by atoms with Crippen LogP contribution in [0.4, 0.5) is 0 Å². The Kier molecular flexibility index (Phi) is 6.82. The van der Waals surface area contributed by atoms with Crippen molar-refractivity contribution in [2.24, 2.45) is 0 Å². The molecule has 0 saturated heterocycles. The average molecular weight is 298 g/mol. The molecule has 0 aromatic heterocycles. The van der Waals surface area contributed by atoms with Crippen LogP contribution in [0.1, 0.15) is 45.4 Å². The fourth-order valence-electron chi connectivity index (χ4n) is 2.58. The van der Waals surface area contributed by atoms with E-state index in [0.717, 1.165) is 29.9 Å². The van der Waals surface area contributed by atoms with Crippen LogP contribution in [0.15, 0.2) is 48.5 Å². The highest BCUT2D eigenvalue weighted by Crippen LogP contribution is 2.35. The van der Waals surface area contributed by atoms with E-state index in [1.165, 1.54) is 32.1 Å². The lowest BCUT2D eigenvalue weighted by atomic mass is 10.0. The molecular weight excluding hydrogens is 272 g/mol. The number of hydrogen-bond acceptors (Lipinski definition) is 2. The summed E-state index contributed by atoms with van der Waals surface area (Å²) < 4.78 is 5.94. The molecule has 2 heteroatoms. The number of phenolic OH excluding ortho intramolecular Hbond substituents is 1. The van der Waals surface area contributed by atoms with Gasteiger partial charge in [0.05, 0.1) is 6.61 Å². The quantitative estimate of drug-likeness (QED) is 0.593. The summed E-state index contributed by atoms with van der Waals surface area (Å²) in [7, 11) is 0. The number of hydrogen-bond donors (Lipinski definition) is 1. The van der Waals surface area contributed by atoms with Gasteiger partial charge in [-0.25, -0.2) is 0 Å². The molecule has 2 aromatic carbocycles.